The zero-order valence-corrected chi connectivity index (χ0v) is 12.2. The minimum Gasteiger partial charge on any atom is -0.494 e. The number of anilines is 1. The molecule has 1 saturated carbocycles. The van der Waals surface area contributed by atoms with Crippen LogP contribution < -0.4 is 10.5 Å². The van der Waals surface area contributed by atoms with Gasteiger partial charge in [0.25, 0.3) is 0 Å². The molecule has 1 aliphatic rings. The lowest BCUT2D eigenvalue weighted by atomic mass is 10.1. The molecule has 108 valence electrons. The lowest BCUT2D eigenvalue weighted by Crippen LogP contribution is -2.18. The quantitative estimate of drug-likeness (QED) is 0.811. The maximum Gasteiger partial charge on any atom is 0.181 e. The van der Waals surface area contributed by atoms with E-state index in [0.29, 0.717) is 12.4 Å². The molecule has 6 heteroatoms. The van der Waals surface area contributed by atoms with Crippen molar-refractivity contribution in [1.82, 2.24) is 0 Å². The Hall–Kier alpha value is -1.74. The number of nitriles is 1. The second-order valence-electron chi connectivity index (χ2n) is 5.23. The van der Waals surface area contributed by atoms with Gasteiger partial charge in [0, 0.05) is 12.5 Å². The molecular formula is C14H18N2O3S. The van der Waals surface area contributed by atoms with Gasteiger partial charge in [-0.2, -0.15) is 5.26 Å². The van der Waals surface area contributed by atoms with E-state index >= 15 is 0 Å². The third kappa shape index (κ3) is 3.05. The lowest BCUT2D eigenvalue weighted by molar-refractivity contribution is 0.339. The average molecular weight is 294 g/mol. The second kappa shape index (κ2) is 5.33. The van der Waals surface area contributed by atoms with Crippen molar-refractivity contribution >= 4 is 15.5 Å². The Morgan fingerprint density at radius 1 is 1.45 bits per heavy atom. The largest absolute Gasteiger partial charge is 0.494 e. The summed E-state index contributed by atoms with van der Waals surface area (Å²) >= 11 is 0. The first-order valence-corrected chi connectivity index (χ1v) is 8.20. The topological polar surface area (TPSA) is 93.2 Å². The van der Waals surface area contributed by atoms with Gasteiger partial charge < -0.3 is 10.5 Å². The van der Waals surface area contributed by atoms with Crippen LogP contribution in [0.3, 0.4) is 0 Å². The number of sulfone groups is 1. The summed E-state index contributed by atoms with van der Waals surface area (Å²) < 4.78 is 30.3. The van der Waals surface area contributed by atoms with Crippen LogP contribution in [0, 0.1) is 16.7 Å². The summed E-state index contributed by atoms with van der Waals surface area (Å²) in [6.45, 7) is 2.29. The first-order chi connectivity index (χ1) is 9.42. The molecule has 0 amide bonds. The first-order valence-electron chi connectivity index (χ1n) is 6.54. The molecule has 5 nitrogen and oxygen atoms in total. The fourth-order valence-electron chi connectivity index (χ4n) is 2.24. The summed E-state index contributed by atoms with van der Waals surface area (Å²) in [4.78, 5) is 0.104. The van der Waals surface area contributed by atoms with Crippen LogP contribution in [0.2, 0.25) is 0 Å². The number of ether oxygens (including phenoxy) is 1. The maximum absolute atomic E-state index is 12.5. The Labute approximate surface area is 119 Å². The van der Waals surface area contributed by atoms with Gasteiger partial charge in [-0.1, -0.05) is 0 Å². The van der Waals surface area contributed by atoms with Crippen LogP contribution in [0.5, 0.6) is 5.75 Å². The van der Waals surface area contributed by atoms with Gasteiger partial charge in [0.05, 0.1) is 29.0 Å². The highest BCUT2D eigenvalue weighted by Gasteiger charge is 2.46. The molecule has 0 saturated heterocycles. The summed E-state index contributed by atoms with van der Waals surface area (Å²) in [5.74, 6) is 0.471. The van der Waals surface area contributed by atoms with Gasteiger partial charge in [-0.3, -0.25) is 0 Å². The molecule has 0 aliphatic heterocycles. The number of benzene rings is 1. The Kier molecular flexibility index (Phi) is 3.91. The normalized spacial score (nSPS) is 16.4. The zero-order valence-electron chi connectivity index (χ0n) is 11.4. The van der Waals surface area contributed by atoms with Crippen molar-refractivity contribution in [2.75, 3.05) is 18.1 Å². The molecule has 0 atom stereocenters. The number of nitrogens with two attached hydrogens (primary N) is 1. The average Bonchev–Trinajstić information content (AvgIpc) is 3.11. The highest BCUT2D eigenvalue weighted by Crippen LogP contribution is 2.50. The second-order valence-corrected chi connectivity index (χ2v) is 7.18. The molecular weight excluding hydrogens is 276 g/mol. The molecule has 1 aliphatic carbocycles. The number of rotatable bonds is 6. The van der Waals surface area contributed by atoms with Crippen molar-refractivity contribution < 1.29 is 13.2 Å². The summed E-state index contributed by atoms with van der Waals surface area (Å²) in [7, 11) is -3.51. The summed E-state index contributed by atoms with van der Waals surface area (Å²) in [6, 6.07) is 6.74. The maximum atomic E-state index is 12.5. The Morgan fingerprint density at radius 3 is 2.70 bits per heavy atom. The van der Waals surface area contributed by atoms with Gasteiger partial charge in [0.1, 0.15) is 5.75 Å². The molecule has 1 fully saturated rings. The van der Waals surface area contributed by atoms with Crippen LogP contribution in [0.15, 0.2) is 23.1 Å². The van der Waals surface area contributed by atoms with Crippen LogP contribution in [-0.2, 0) is 9.84 Å². The van der Waals surface area contributed by atoms with Crippen molar-refractivity contribution in [3.05, 3.63) is 18.2 Å². The van der Waals surface area contributed by atoms with Gasteiger partial charge in [-0.25, -0.2) is 8.42 Å². The highest BCUT2D eigenvalue weighted by molar-refractivity contribution is 7.91. The SMILES string of the molecule is CCOc1ccc(N)c(S(=O)(=O)CC2(CC#N)CC2)c1. The molecule has 0 unspecified atom stereocenters. The summed E-state index contributed by atoms with van der Waals surface area (Å²) in [5, 5.41) is 8.79. The van der Waals surface area contributed by atoms with E-state index in [2.05, 4.69) is 6.07 Å². The number of nitrogens with zero attached hydrogens (tertiary/aromatic N) is 1. The van der Waals surface area contributed by atoms with E-state index in [-0.39, 0.29) is 28.2 Å². The van der Waals surface area contributed by atoms with E-state index in [1.165, 1.54) is 6.07 Å². The van der Waals surface area contributed by atoms with Gasteiger partial charge in [-0.15, -0.1) is 0 Å². The molecule has 1 aromatic carbocycles. The fraction of sp³-hybridized carbons (Fsp3) is 0.500. The predicted molar refractivity (Wildman–Crippen MR) is 76.0 cm³/mol. The minimum atomic E-state index is -3.51. The first kappa shape index (κ1) is 14.7. The van der Waals surface area contributed by atoms with Crippen molar-refractivity contribution in [2.45, 2.75) is 31.1 Å². The van der Waals surface area contributed by atoms with Crippen molar-refractivity contribution in [1.29, 1.82) is 5.26 Å². The van der Waals surface area contributed by atoms with Crippen molar-refractivity contribution in [3.8, 4) is 11.8 Å². The molecule has 20 heavy (non-hydrogen) atoms. The molecule has 0 bridgehead atoms. The Morgan fingerprint density at radius 2 is 2.15 bits per heavy atom. The Bertz CT molecular complexity index is 643. The van der Waals surface area contributed by atoms with Crippen LogP contribution in [0.4, 0.5) is 5.69 Å². The van der Waals surface area contributed by atoms with Crippen LogP contribution in [0.1, 0.15) is 26.2 Å². The van der Waals surface area contributed by atoms with E-state index in [1.54, 1.807) is 12.1 Å². The van der Waals surface area contributed by atoms with Crippen molar-refractivity contribution in [2.24, 2.45) is 5.41 Å². The third-order valence-electron chi connectivity index (χ3n) is 3.54. The zero-order chi connectivity index (χ0) is 14.8. The van der Waals surface area contributed by atoms with Gasteiger partial charge in [0.2, 0.25) is 0 Å². The number of hydrogen-bond acceptors (Lipinski definition) is 5. The van der Waals surface area contributed by atoms with Gasteiger partial charge in [-0.05, 0) is 37.3 Å². The molecule has 1 aromatic rings. The smallest absolute Gasteiger partial charge is 0.181 e. The van der Waals surface area contributed by atoms with E-state index in [9.17, 15) is 8.42 Å². The molecule has 0 aromatic heterocycles. The molecule has 2 rings (SSSR count). The fourth-order valence-corrected chi connectivity index (χ4v) is 4.31. The monoisotopic (exact) mass is 294 g/mol. The van der Waals surface area contributed by atoms with E-state index in [0.717, 1.165) is 12.8 Å². The summed E-state index contributed by atoms with van der Waals surface area (Å²) in [5.41, 5.74) is 5.64. The van der Waals surface area contributed by atoms with E-state index in [4.69, 9.17) is 15.7 Å². The van der Waals surface area contributed by atoms with E-state index < -0.39 is 9.84 Å². The molecule has 2 N–H and O–H groups in total. The predicted octanol–water partition coefficient (Wildman–Crippen LogP) is 2.14. The van der Waals surface area contributed by atoms with Crippen LogP contribution in [-0.4, -0.2) is 20.8 Å². The molecule has 0 heterocycles. The van der Waals surface area contributed by atoms with Crippen LogP contribution in [0.25, 0.3) is 0 Å². The molecule has 0 spiro atoms. The van der Waals surface area contributed by atoms with Gasteiger partial charge >= 0.3 is 0 Å². The minimum absolute atomic E-state index is 0.0205. The van der Waals surface area contributed by atoms with Crippen LogP contribution >= 0.6 is 0 Å². The highest BCUT2D eigenvalue weighted by atomic mass is 32.2. The van der Waals surface area contributed by atoms with Gasteiger partial charge in [0.15, 0.2) is 9.84 Å². The number of hydrogen-bond donors (Lipinski definition) is 1. The van der Waals surface area contributed by atoms with Crippen molar-refractivity contribution in [3.63, 3.8) is 0 Å². The standard InChI is InChI=1S/C14H18N2O3S/c1-2-19-11-3-4-12(16)13(9-11)20(17,18)10-14(5-6-14)7-8-15/h3-4,9H,2,5-7,10,16H2,1H3. The summed E-state index contributed by atoms with van der Waals surface area (Å²) in [6.07, 6.45) is 1.84. The molecule has 0 radical (unpaired) electrons. The number of nitrogen functional groups attached to an aromatic ring is 1. The third-order valence-corrected chi connectivity index (χ3v) is 5.55. The Balaban J connectivity index is 2.30. The van der Waals surface area contributed by atoms with E-state index in [1.807, 2.05) is 6.92 Å². The lowest BCUT2D eigenvalue weighted by Gasteiger charge is -2.14.